The van der Waals surface area contributed by atoms with E-state index in [0.717, 1.165) is 13.0 Å². The lowest BCUT2D eigenvalue weighted by molar-refractivity contribution is 0.983. The van der Waals surface area contributed by atoms with E-state index in [1.165, 1.54) is 11.3 Å². The summed E-state index contributed by atoms with van der Waals surface area (Å²) in [5.74, 6) is 0. The van der Waals surface area contributed by atoms with E-state index in [4.69, 9.17) is 0 Å². The molecule has 1 heteroatoms. The van der Waals surface area contributed by atoms with Crippen molar-refractivity contribution < 1.29 is 0 Å². The first-order valence-corrected chi connectivity index (χ1v) is 3.69. The minimum absolute atomic E-state index is 0.965. The van der Waals surface area contributed by atoms with Crippen LogP contribution in [0.2, 0.25) is 0 Å². The summed E-state index contributed by atoms with van der Waals surface area (Å²) < 4.78 is 0. The predicted octanol–water partition coefficient (Wildman–Crippen LogP) is 2.35. The Morgan fingerprint density at radius 2 is 2.40 bits per heavy atom. The van der Waals surface area contributed by atoms with Gasteiger partial charge in [0.15, 0.2) is 0 Å². The van der Waals surface area contributed by atoms with Gasteiger partial charge in [-0.05, 0) is 25.8 Å². The normalized spacial score (nSPS) is 19.0. The van der Waals surface area contributed by atoms with Crippen molar-refractivity contribution in [1.29, 1.82) is 0 Å². The zero-order valence-electron chi connectivity index (χ0n) is 6.59. The van der Waals surface area contributed by atoms with Crippen molar-refractivity contribution in [2.24, 2.45) is 4.99 Å². The quantitative estimate of drug-likeness (QED) is 0.523. The van der Waals surface area contributed by atoms with E-state index in [9.17, 15) is 0 Å². The van der Waals surface area contributed by atoms with Gasteiger partial charge in [0.1, 0.15) is 0 Å². The fourth-order valence-corrected chi connectivity index (χ4v) is 1.06. The van der Waals surface area contributed by atoms with Crippen molar-refractivity contribution in [1.82, 2.24) is 0 Å². The first-order chi connectivity index (χ1) is 4.84. The summed E-state index contributed by atoms with van der Waals surface area (Å²) in [6.45, 7) is 5.06. The molecule has 0 aromatic carbocycles. The van der Waals surface area contributed by atoms with Crippen molar-refractivity contribution in [3.05, 3.63) is 23.8 Å². The number of rotatable bonds is 1. The van der Waals surface area contributed by atoms with Gasteiger partial charge in [-0.2, -0.15) is 0 Å². The molecule has 54 valence electrons. The lowest BCUT2D eigenvalue weighted by atomic mass is 10.1. The van der Waals surface area contributed by atoms with Crippen LogP contribution in [0.3, 0.4) is 0 Å². The van der Waals surface area contributed by atoms with E-state index in [0.29, 0.717) is 0 Å². The number of nitrogens with zero attached hydrogens (tertiary/aromatic N) is 1. The maximum atomic E-state index is 4.33. The zero-order chi connectivity index (χ0) is 7.40. The van der Waals surface area contributed by atoms with Crippen molar-refractivity contribution in [2.45, 2.75) is 20.3 Å². The lowest BCUT2D eigenvalue weighted by Crippen LogP contribution is -2.01. The van der Waals surface area contributed by atoms with E-state index in [1.54, 1.807) is 0 Å². The van der Waals surface area contributed by atoms with Gasteiger partial charge in [0, 0.05) is 12.3 Å². The van der Waals surface area contributed by atoms with E-state index < -0.39 is 0 Å². The van der Waals surface area contributed by atoms with E-state index in [1.807, 2.05) is 6.92 Å². The molecule has 0 aromatic heterocycles. The molecule has 10 heavy (non-hydrogen) atoms. The Bertz CT molecular complexity index is 197. The Hall–Kier alpha value is -0.850. The molecule has 0 saturated carbocycles. The number of aliphatic imine (C=N–C) groups is 1. The third-order valence-corrected chi connectivity index (χ3v) is 1.61. The van der Waals surface area contributed by atoms with Crippen LogP contribution < -0.4 is 0 Å². The van der Waals surface area contributed by atoms with Gasteiger partial charge in [0.05, 0.1) is 0 Å². The van der Waals surface area contributed by atoms with E-state index in [-0.39, 0.29) is 0 Å². The average molecular weight is 135 g/mol. The summed E-state index contributed by atoms with van der Waals surface area (Å²) >= 11 is 0. The maximum Gasteiger partial charge on any atom is 0.0427 e. The molecule has 0 aliphatic carbocycles. The second-order valence-corrected chi connectivity index (χ2v) is 2.42. The fourth-order valence-electron chi connectivity index (χ4n) is 1.06. The van der Waals surface area contributed by atoms with Gasteiger partial charge in [0.2, 0.25) is 0 Å². The Labute approximate surface area is 62.2 Å². The van der Waals surface area contributed by atoms with Crippen LogP contribution in [0.25, 0.3) is 0 Å². The summed E-state index contributed by atoms with van der Waals surface area (Å²) in [7, 11) is 0. The van der Waals surface area contributed by atoms with Gasteiger partial charge in [-0.1, -0.05) is 18.2 Å². The molecule has 0 unspecified atom stereocenters. The van der Waals surface area contributed by atoms with Crippen molar-refractivity contribution in [3.8, 4) is 0 Å². The molecule has 0 saturated heterocycles. The highest BCUT2D eigenvalue weighted by atomic mass is 14.7. The molecule has 1 aliphatic heterocycles. The van der Waals surface area contributed by atoms with Gasteiger partial charge >= 0.3 is 0 Å². The molecule has 0 fully saturated rings. The standard InChI is InChI=1S/C9H13N/c1-3-5-9-6-4-7-10-8(9)2/h3,5-6H,4,7H2,1-2H3/b5-3-. The molecule has 1 heterocycles. The summed E-state index contributed by atoms with van der Waals surface area (Å²) in [5.41, 5.74) is 2.46. The van der Waals surface area contributed by atoms with Crippen LogP contribution in [-0.4, -0.2) is 12.3 Å². The highest BCUT2D eigenvalue weighted by Crippen LogP contribution is 2.07. The van der Waals surface area contributed by atoms with Crippen LogP contribution in [-0.2, 0) is 0 Å². The smallest absolute Gasteiger partial charge is 0.0427 e. The van der Waals surface area contributed by atoms with E-state index in [2.05, 4.69) is 30.1 Å². The maximum absolute atomic E-state index is 4.33. The average Bonchev–Trinajstić information content (AvgIpc) is 1.94. The van der Waals surface area contributed by atoms with Crippen LogP contribution in [0.4, 0.5) is 0 Å². The number of dihydropyridines is 1. The molecule has 0 radical (unpaired) electrons. The summed E-state index contributed by atoms with van der Waals surface area (Å²) in [4.78, 5) is 4.33. The van der Waals surface area contributed by atoms with Crippen molar-refractivity contribution in [2.75, 3.05) is 6.54 Å². The summed E-state index contributed by atoms with van der Waals surface area (Å²) in [6, 6.07) is 0. The molecule has 0 atom stereocenters. The highest BCUT2D eigenvalue weighted by molar-refractivity contribution is 6.01. The molecule has 0 spiro atoms. The fraction of sp³-hybridized carbons (Fsp3) is 0.444. The van der Waals surface area contributed by atoms with Gasteiger partial charge in [-0.3, -0.25) is 4.99 Å². The van der Waals surface area contributed by atoms with Crippen LogP contribution in [0.5, 0.6) is 0 Å². The molecule has 0 N–H and O–H groups in total. The Morgan fingerprint density at radius 1 is 1.60 bits per heavy atom. The minimum atomic E-state index is 0.965. The minimum Gasteiger partial charge on any atom is -0.289 e. The van der Waals surface area contributed by atoms with Crippen LogP contribution in [0.1, 0.15) is 20.3 Å². The Balaban J connectivity index is 2.74. The molecular weight excluding hydrogens is 122 g/mol. The summed E-state index contributed by atoms with van der Waals surface area (Å²) in [6.07, 6.45) is 7.49. The Kier molecular flexibility index (Phi) is 2.43. The van der Waals surface area contributed by atoms with Gasteiger partial charge in [-0.25, -0.2) is 0 Å². The van der Waals surface area contributed by atoms with Crippen molar-refractivity contribution in [3.63, 3.8) is 0 Å². The molecule has 0 aromatic rings. The molecular formula is C9H13N. The van der Waals surface area contributed by atoms with Crippen LogP contribution in [0.15, 0.2) is 28.8 Å². The van der Waals surface area contributed by atoms with Gasteiger partial charge < -0.3 is 0 Å². The first kappa shape index (κ1) is 7.26. The predicted molar refractivity (Wildman–Crippen MR) is 45.5 cm³/mol. The van der Waals surface area contributed by atoms with Crippen molar-refractivity contribution >= 4 is 5.71 Å². The Morgan fingerprint density at radius 3 is 3.00 bits per heavy atom. The SMILES string of the molecule is C/C=C\C1=CCCN=C1C. The third kappa shape index (κ3) is 1.56. The largest absolute Gasteiger partial charge is 0.289 e. The topological polar surface area (TPSA) is 12.4 Å². The number of allylic oxidation sites excluding steroid dienone is 3. The highest BCUT2D eigenvalue weighted by Gasteiger charge is 2.00. The molecule has 0 bridgehead atoms. The second-order valence-electron chi connectivity index (χ2n) is 2.42. The molecule has 1 aliphatic rings. The second kappa shape index (κ2) is 3.35. The van der Waals surface area contributed by atoms with Gasteiger partial charge in [-0.15, -0.1) is 0 Å². The van der Waals surface area contributed by atoms with Crippen LogP contribution >= 0.6 is 0 Å². The van der Waals surface area contributed by atoms with E-state index >= 15 is 0 Å². The first-order valence-electron chi connectivity index (χ1n) is 3.69. The van der Waals surface area contributed by atoms with Gasteiger partial charge in [0.25, 0.3) is 0 Å². The molecule has 1 nitrogen and oxygen atoms in total. The lowest BCUT2D eigenvalue weighted by Gasteiger charge is -2.06. The molecule has 0 amide bonds. The monoisotopic (exact) mass is 135 g/mol. The number of hydrogen-bond donors (Lipinski definition) is 0. The number of hydrogen-bond acceptors (Lipinski definition) is 1. The van der Waals surface area contributed by atoms with Crippen LogP contribution in [0, 0.1) is 0 Å². The zero-order valence-corrected chi connectivity index (χ0v) is 6.59. The molecule has 1 rings (SSSR count). The third-order valence-electron chi connectivity index (χ3n) is 1.61. The summed E-state index contributed by atoms with van der Waals surface area (Å²) in [5, 5.41) is 0.